The molecule has 1 saturated heterocycles. The number of para-hydroxylation sites is 1. The molecule has 3 heterocycles. The minimum Gasteiger partial charge on any atom is -0.467 e. The summed E-state index contributed by atoms with van der Waals surface area (Å²) in [5.41, 5.74) is 1.54. The second-order valence-electron chi connectivity index (χ2n) is 7.60. The molecule has 1 aromatic carbocycles. The fourth-order valence-electron chi connectivity index (χ4n) is 3.74. The third-order valence-electron chi connectivity index (χ3n) is 5.35. The number of furan rings is 1. The molecular weight excluding hydrogens is 408 g/mol. The summed E-state index contributed by atoms with van der Waals surface area (Å²) < 4.78 is 12.5. The van der Waals surface area contributed by atoms with E-state index in [0.29, 0.717) is 31.0 Å². The van der Waals surface area contributed by atoms with Crippen molar-refractivity contribution in [2.45, 2.75) is 32.0 Å². The standard InChI is InChI=1S/C24H24N4O4/c25-12-17(24(30)27-14-20-6-4-10-32-20)11-18-15-28(22-8-2-1-7-21(18)22)16-23(29)26-13-19-5-3-9-31-19/h1-3,5,7-9,11,15,20H,4,6,10,13-14,16H2,(H,26,29)(H,27,30)/b17-11+. The number of ether oxygens (including phenoxy) is 1. The summed E-state index contributed by atoms with van der Waals surface area (Å²) >= 11 is 0. The Morgan fingerprint density at radius 1 is 1.22 bits per heavy atom. The Bertz CT molecular complexity index is 1160. The van der Waals surface area contributed by atoms with Crippen LogP contribution < -0.4 is 10.6 Å². The highest BCUT2D eigenvalue weighted by Crippen LogP contribution is 2.24. The Morgan fingerprint density at radius 2 is 2.09 bits per heavy atom. The average molecular weight is 432 g/mol. The Kier molecular flexibility index (Phi) is 6.68. The maximum atomic E-state index is 12.5. The van der Waals surface area contributed by atoms with Crippen LogP contribution in [0.5, 0.6) is 0 Å². The van der Waals surface area contributed by atoms with Crippen LogP contribution in [0, 0.1) is 11.3 Å². The number of benzene rings is 1. The van der Waals surface area contributed by atoms with Crippen LogP contribution in [-0.4, -0.2) is 35.6 Å². The molecule has 164 valence electrons. The van der Waals surface area contributed by atoms with E-state index in [0.717, 1.165) is 23.7 Å². The zero-order valence-electron chi connectivity index (χ0n) is 17.5. The molecule has 3 aromatic rings. The molecular formula is C24H24N4O4. The maximum absolute atomic E-state index is 12.5. The summed E-state index contributed by atoms with van der Waals surface area (Å²) in [6, 6.07) is 13.1. The van der Waals surface area contributed by atoms with Gasteiger partial charge in [0.25, 0.3) is 5.91 Å². The van der Waals surface area contributed by atoms with Gasteiger partial charge in [-0.05, 0) is 37.1 Å². The van der Waals surface area contributed by atoms with Gasteiger partial charge in [0.2, 0.25) is 5.91 Å². The average Bonchev–Trinajstić information content (AvgIpc) is 3.57. The zero-order chi connectivity index (χ0) is 22.3. The van der Waals surface area contributed by atoms with E-state index in [1.165, 1.54) is 0 Å². The van der Waals surface area contributed by atoms with Crippen molar-refractivity contribution in [2.24, 2.45) is 0 Å². The highest BCUT2D eigenvalue weighted by Gasteiger charge is 2.18. The number of hydrogen-bond acceptors (Lipinski definition) is 5. The number of hydrogen-bond donors (Lipinski definition) is 2. The highest BCUT2D eigenvalue weighted by atomic mass is 16.5. The molecule has 1 fully saturated rings. The number of carbonyl (C=O) groups is 2. The quantitative estimate of drug-likeness (QED) is 0.420. The third-order valence-corrected chi connectivity index (χ3v) is 5.35. The van der Waals surface area contributed by atoms with E-state index in [4.69, 9.17) is 9.15 Å². The van der Waals surface area contributed by atoms with Gasteiger partial charge >= 0.3 is 0 Å². The van der Waals surface area contributed by atoms with E-state index in [-0.39, 0.29) is 24.1 Å². The van der Waals surface area contributed by atoms with Crippen LogP contribution in [0.25, 0.3) is 17.0 Å². The van der Waals surface area contributed by atoms with Gasteiger partial charge < -0.3 is 24.4 Å². The van der Waals surface area contributed by atoms with Gasteiger partial charge in [-0.25, -0.2) is 0 Å². The number of nitrogens with zero attached hydrogens (tertiary/aromatic N) is 2. The molecule has 1 aliphatic rings. The molecule has 0 bridgehead atoms. The van der Waals surface area contributed by atoms with Crippen molar-refractivity contribution < 1.29 is 18.7 Å². The monoisotopic (exact) mass is 432 g/mol. The second-order valence-corrected chi connectivity index (χ2v) is 7.60. The van der Waals surface area contributed by atoms with Crippen molar-refractivity contribution in [3.8, 4) is 6.07 Å². The van der Waals surface area contributed by atoms with E-state index < -0.39 is 5.91 Å². The molecule has 2 amide bonds. The van der Waals surface area contributed by atoms with Crippen LogP contribution in [0.3, 0.4) is 0 Å². The second kappa shape index (κ2) is 9.98. The molecule has 2 N–H and O–H groups in total. The van der Waals surface area contributed by atoms with Gasteiger partial charge in [0.1, 0.15) is 23.9 Å². The van der Waals surface area contributed by atoms with Crippen molar-refractivity contribution >= 4 is 28.8 Å². The summed E-state index contributed by atoms with van der Waals surface area (Å²) in [5, 5.41) is 16.0. The number of fused-ring (bicyclic) bond motifs is 1. The van der Waals surface area contributed by atoms with E-state index in [1.54, 1.807) is 35.2 Å². The van der Waals surface area contributed by atoms with Gasteiger partial charge in [0.15, 0.2) is 0 Å². The molecule has 0 saturated carbocycles. The number of carbonyl (C=O) groups excluding carboxylic acids is 2. The lowest BCUT2D eigenvalue weighted by Crippen LogP contribution is -2.32. The fourth-order valence-corrected chi connectivity index (χ4v) is 3.74. The largest absolute Gasteiger partial charge is 0.467 e. The maximum Gasteiger partial charge on any atom is 0.262 e. The van der Waals surface area contributed by atoms with Crippen LogP contribution in [0.4, 0.5) is 0 Å². The normalized spacial score (nSPS) is 16.1. The predicted octanol–water partition coefficient (Wildman–Crippen LogP) is 2.75. The van der Waals surface area contributed by atoms with Crippen LogP contribution in [0.2, 0.25) is 0 Å². The highest BCUT2D eigenvalue weighted by molar-refractivity contribution is 6.04. The van der Waals surface area contributed by atoms with Crippen molar-refractivity contribution in [1.82, 2.24) is 15.2 Å². The lowest BCUT2D eigenvalue weighted by atomic mass is 10.1. The number of nitriles is 1. The van der Waals surface area contributed by atoms with Crippen molar-refractivity contribution in [1.29, 1.82) is 5.26 Å². The first-order valence-corrected chi connectivity index (χ1v) is 10.5. The number of aromatic nitrogens is 1. The van der Waals surface area contributed by atoms with Crippen molar-refractivity contribution in [2.75, 3.05) is 13.2 Å². The van der Waals surface area contributed by atoms with Gasteiger partial charge in [-0.1, -0.05) is 18.2 Å². The van der Waals surface area contributed by atoms with Gasteiger partial charge in [0.05, 0.1) is 18.9 Å². The summed E-state index contributed by atoms with van der Waals surface area (Å²) in [5.74, 6) is 0.0653. The fraction of sp³-hybridized carbons (Fsp3) is 0.292. The third kappa shape index (κ3) is 5.07. The van der Waals surface area contributed by atoms with Gasteiger partial charge in [-0.2, -0.15) is 5.26 Å². The molecule has 32 heavy (non-hydrogen) atoms. The lowest BCUT2D eigenvalue weighted by Gasteiger charge is -2.10. The van der Waals surface area contributed by atoms with Crippen molar-refractivity contribution in [3.63, 3.8) is 0 Å². The molecule has 0 aliphatic carbocycles. The van der Waals surface area contributed by atoms with Crippen molar-refractivity contribution in [3.05, 3.63) is 65.8 Å². The molecule has 8 heteroatoms. The molecule has 4 rings (SSSR count). The first kappa shape index (κ1) is 21.4. The van der Waals surface area contributed by atoms with Crippen LogP contribution in [0.1, 0.15) is 24.2 Å². The minimum absolute atomic E-state index is 0.000459. The summed E-state index contributed by atoms with van der Waals surface area (Å²) in [6.45, 7) is 1.49. The molecule has 0 spiro atoms. The van der Waals surface area contributed by atoms with Crippen LogP contribution in [0.15, 0.2) is 58.8 Å². The molecule has 1 atom stereocenters. The van der Waals surface area contributed by atoms with Gasteiger partial charge in [0, 0.05) is 35.8 Å². The van der Waals surface area contributed by atoms with Crippen LogP contribution in [-0.2, 0) is 27.4 Å². The Balaban J connectivity index is 1.49. The molecule has 1 unspecified atom stereocenters. The summed E-state index contributed by atoms with van der Waals surface area (Å²) in [4.78, 5) is 25.0. The zero-order valence-corrected chi connectivity index (χ0v) is 17.5. The van der Waals surface area contributed by atoms with E-state index >= 15 is 0 Å². The SMILES string of the molecule is N#C/C(=C\c1cn(CC(=O)NCc2ccco2)c2ccccc12)C(=O)NCC1CCCO1. The molecule has 1 aliphatic heterocycles. The lowest BCUT2D eigenvalue weighted by molar-refractivity contribution is -0.122. The molecule has 8 nitrogen and oxygen atoms in total. The summed E-state index contributed by atoms with van der Waals surface area (Å²) in [6.07, 6.45) is 6.79. The molecule has 0 radical (unpaired) electrons. The first-order chi connectivity index (χ1) is 15.6. The summed E-state index contributed by atoms with van der Waals surface area (Å²) in [7, 11) is 0. The van der Waals surface area contributed by atoms with E-state index in [1.807, 2.05) is 30.3 Å². The topological polar surface area (TPSA) is 109 Å². The smallest absolute Gasteiger partial charge is 0.262 e. The number of rotatable bonds is 8. The van der Waals surface area contributed by atoms with E-state index in [2.05, 4.69) is 10.6 Å². The predicted molar refractivity (Wildman–Crippen MR) is 118 cm³/mol. The number of amides is 2. The van der Waals surface area contributed by atoms with Gasteiger partial charge in [-0.15, -0.1) is 0 Å². The Hall–Kier alpha value is -3.83. The number of nitrogens with one attached hydrogen (secondary N) is 2. The van der Waals surface area contributed by atoms with Gasteiger partial charge in [-0.3, -0.25) is 9.59 Å². The first-order valence-electron chi connectivity index (χ1n) is 10.5. The van der Waals surface area contributed by atoms with E-state index in [9.17, 15) is 14.9 Å². The minimum atomic E-state index is -0.434. The molecule has 2 aromatic heterocycles. The van der Waals surface area contributed by atoms with Crippen LogP contribution >= 0.6 is 0 Å². The Morgan fingerprint density at radius 3 is 2.84 bits per heavy atom. The Labute approximate surface area is 185 Å².